The SMILES string of the molecule is CC(N)CCCOCCc1ccccc1. The maximum Gasteiger partial charge on any atom is 0.0506 e. The Morgan fingerprint density at radius 3 is 2.60 bits per heavy atom. The van der Waals surface area contributed by atoms with Crippen molar-refractivity contribution in [3.63, 3.8) is 0 Å². The van der Waals surface area contributed by atoms with Gasteiger partial charge in [0.2, 0.25) is 0 Å². The fraction of sp³-hybridized carbons (Fsp3) is 0.538. The smallest absolute Gasteiger partial charge is 0.0506 e. The van der Waals surface area contributed by atoms with Crippen molar-refractivity contribution in [2.45, 2.75) is 32.2 Å². The molecule has 1 rings (SSSR count). The van der Waals surface area contributed by atoms with Crippen molar-refractivity contribution in [1.82, 2.24) is 0 Å². The molecule has 1 aromatic carbocycles. The summed E-state index contributed by atoms with van der Waals surface area (Å²) in [4.78, 5) is 0. The first-order valence-corrected chi connectivity index (χ1v) is 5.66. The van der Waals surface area contributed by atoms with Gasteiger partial charge in [-0.2, -0.15) is 0 Å². The van der Waals surface area contributed by atoms with Gasteiger partial charge in [0, 0.05) is 12.6 Å². The van der Waals surface area contributed by atoms with Gasteiger partial charge in [-0.05, 0) is 31.7 Å². The molecule has 2 heteroatoms. The lowest BCUT2D eigenvalue weighted by Crippen LogP contribution is -2.15. The van der Waals surface area contributed by atoms with Crippen LogP contribution in [0.4, 0.5) is 0 Å². The molecule has 2 nitrogen and oxygen atoms in total. The van der Waals surface area contributed by atoms with Crippen LogP contribution >= 0.6 is 0 Å². The van der Waals surface area contributed by atoms with Crippen LogP contribution in [0.5, 0.6) is 0 Å². The molecule has 1 atom stereocenters. The summed E-state index contributed by atoms with van der Waals surface area (Å²) in [5.74, 6) is 0. The van der Waals surface area contributed by atoms with Crippen LogP contribution in [0.3, 0.4) is 0 Å². The Labute approximate surface area is 92.4 Å². The van der Waals surface area contributed by atoms with Gasteiger partial charge in [-0.3, -0.25) is 0 Å². The van der Waals surface area contributed by atoms with Gasteiger partial charge in [-0.1, -0.05) is 30.3 Å². The average molecular weight is 207 g/mol. The third kappa shape index (κ3) is 6.26. The Hall–Kier alpha value is -0.860. The first-order chi connectivity index (χ1) is 7.29. The zero-order valence-corrected chi connectivity index (χ0v) is 9.49. The lowest BCUT2D eigenvalue weighted by Gasteiger charge is -2.06. The quantitative estimate of drug-likeness (QED) is 0.697. The van der Waals surface area contributed by atoms with Crippen LogP contribution in [0.2, 0.25) is 0 Å². The second kappa shape index (κ2) is 7.43. The Balaban J connectivity index is 1.98. The van der Waals surface area contributed by atoms with Crippen LogP contribution < -0.4 is 5.73 Å². The molecule has 1 aromatic rings. The summed E-state index contributed by atoms with van der Waals surface area (Å²) in [5.41, 5.74) is 6.98. The van der Waals surface area contributed by atoms with Crippen LogP contribution in [-0.2, 0) is 11.2 Å². The topological polar surface area (TPSA) is 35.2 Å². The largest absolute Gasteiger partial charge is 0.381 e. The van der Waals surface area contributed by atoms with Gasteiger partial charge in [-0.25, -0.2) is 0 Å². The Bertz CT molecular complexity index is 246. The molecule has 0 aromatic heterocycles. The first-order valence-electron chi connectivity index (χ1n) is 5.66. The van der Waals surface area contributed by atoms with E-state index in [1.165, 1.54) is 5.56 Å². The molecular weight excluding hydrogens is 186 g/mol. The lowest BCUT2D eigenvalue weighted by molar-refractivity contribution is 0.132. The molecule has 0 saturated carbocycles. The monoisotopic (exact) mass is 207 g/mol. The molecule has 0 fully saturated rings. The first kappa shape index (κ1) is 12.2. The highest BCUT2D eigenvalue weighted by molar-refractivity contribution is 5.14. The summed E-state index contributed by atoms with van der Waals surface area (Å²) in [7, 11) is 0. The minimum Gasteiger partial charge on any atom is -0.381 e. The second-order valence-corrected chi connectivity index (χ2v) is 3.97. The average Bonchev–Trinajstić information content (AvgIpc) is 2.24. The van der Waals surface area contributed by atoms with E-state index in [2.05, 4.69) is 24.3 Å². The Morgan fingerprint density at radius 2 is 1.93 bits per heavy atom. The number of nitrogens with two attached hydrogens (primary N) is 1. The number of hydrogen-bond acceptors (Lipinski definition) is 2. The normalized spacial score (nSPS) is 12.7. The minimum atomic E-state index is 0.294. The molecule has 84 valence electrons. The molecule has 15 heavy (non-hydrogen) atoms. The Kier molecular flexibility index (Phi) is 6.05. The summed E-state index contributed by atoms with van der Waals surface area (Å²) in [6.07, 6.45) is 3.11. The molecule has 0 radical (unpaired) electrons. The van der Waals surface area contributed by atoms with E-state index in [0.717, 1.165) is 32.5 Å². The fourth-order valence-electron chi connectivity index (χ4n) is 1.44. The molecule has 0 aliphatic rings. The summed E-state index contributed by atoms with van der Waals surface area (Å²) in [6, 6.07) is 10.7. The summed E-state index contributed by atoms with van der Waals surface area (Å²) >= 11 is 0. The molecule has 1 unspecified atom stereocenters. The van der Waals surface area contributed by atoms with Crippen molar-refractivity contribution < 1.29 is 4.74 Å². The number of benzene rings is 1. The van der Waals surface area contributed by atoms with Gasteiger partial charge in [0.1, 0.15) is 0 Å². The summed E-state index contributed by atoms with van der Waals surface area (Å²) < 4.78 is 5.53. The van der Waals surface area contributed by atoms with Gasteiger partial charge >= 0.3 is 0 Å². The van der Waals surface area contributed by atoms with Crippen LogP contribution in [0.15, 0.2) is 30.3 Å². The Morgan fingerprint density at radius 1 is 1.20 bits per heavy atom. The van der Waals surface area contributed by atoms with Crippen molar-refractivity contribution in [3.8, 4) is 0 Å². The standard InChI is InChI=1S/C13H21NO/c1-12(14)6-5-10-15-11-9-13-7-3-2-4-8-13/h2-4,7-8,12H,5-6,9-11,14H2,1H3. The molecule has 0 aliphatic heterocycles. The van der Waals surface area contributed by atoms with E-state index in [0.29, 0.717) is 6.04 Å². The zero-order valence-electron chi connectivity index (χ0n) is 9.49. The van der Waals surface area contributed by atoms with E-state index in [4.69, 9.17) is 10.5 Å². The second-order valence-electron chi connectivity index (χ2n) is 3.97. The molecule has 0 heterocycles. The maximum atomic E-state index is 5.64. The highest BCUT2D eigenvalue weighted by atomic mass is 16.5. The number of hydrogen-bond donors (Lipinski definition) is 1. The zero-order chi connectivity index (χ0) is 10.9. The van der Waals surface area contributed by atoms with Gasteiger partial charge in [0.25, 0.3) is 0 Å². The van der Waals surface area contributed by atoms with E-state index in [9.17, 15) is 0 Å². The molecule has 0 aliphatic carbocycles. The van der Waals surface area contributed by atoms with Crippen LogP contribution in [-0.4, -0.2) is 19.3 Å². The molecule has 0 spiro atoms. The highest BCUT2D eigenvalue weighted by Gasteiger charge is 1.95. The van der Waals surface area contributed by atoms with Gasteiger partial charge in [-0.15, -0.1) is 0 Å². The van der Waals surface area contributed by atoms with Crippen molar-refractivity contribution in [3.05, 3.63) is 35.9 Å². The predicted molar refractivity (Wildman–Crippen MR) is 63.8 cm³/mol. The van der Waals surface area contributed by atoms with Gasteiger partial charge < -0.3 is 10.5 Å². The van der Waals surface area contributed by atoms with Crippen LogP contribution in [0.25, 0.3) is 0 Å². The predicted octanol–water partition coefficient (Wildman–Crippen LogP) is 2.37. The molecule has 0 saturated heterocycles. The molecular formula is C13H21NO. The maximum absolute atomic E-state index is 5.64. The lowest BCUT2D eigenvalue weighted by atomic mass is 10.2. The van der Waals surface area contributed by atoms with Gasteiger partial charge in [0.15, 0.2) is 0 Å². The van der Waals surface area contributed by atoms with Crippen molar-refractivity contribution in [2.75, 3.05) is 13.2 Å². The van der Waals surface area contributed by atoms with Crippen LogP contribution in [0, 0.1) is 0 Å². The minimum absolute atomic E-state index is 0.294. The third-order valence-electron chi connectivity index (χ3n) is 2.33. The van der Waals surface area contributed by atoms with E-state index >= 15 is 0 Å². The summed E-state index contributed by atoms with van der Waals surface area (Å²) in [6.45, 7) is 3.67. The molecule has 0 bridgehead atoms. The van der Waals surface area contributed by atoms with Crippen molar-refractivity contribution in [2.24, 2.45) is 5.73 Å². The van der Waals surface area contributed by atoms with E-state index in [-0.39, 0.29) is 0 Å². The third-order valence-corrected chi connectivity index (χ3v) is 2.33. The van der Waals surface area contributed by atoms with E-state index in [1.54, 1.807) is 0 Å². The molecule has 0 amide bonds. The van der Waals surface area contributed by atoms with E-state index < -0.39 is 0 Å². The number of ether oxygens (including phenoxy) is 1. The van der Waals surface area contributed by atoms with Crippen molar-refractivity contribution >= 4 is 0 Å². The van der Waals surface area contributed by atoms with Crippen molar-refractivity contribution in [1.29, 1.82) is 0 Å². The molecule has 2 N–H and O–H groups in total. The number of rotatable bonds is 7. The summed E-state index contributed by atoms with van der Waals surface area (Å²) in [5, 5.41) is 0. The fourth-order valence-corrected chi connectivity index (χ4v) is 1.44. The highest BCUT2D eigenvalue weighted by Crippen LogP contribution is 2.00. The van der Waals surface area contributed by atoms with Gasteiger partial charge in [0.05, 0.1) is 6.61 Å². The van der Waals surface area contributed by atoms with E-state index in [1.807, 2.05) is 13.0 Å². The van der Waals surface area contributed by atoms with Crippen LogP contribution in [0.1, 0.15) is 25.3 Å².